The molecule has 94 valence electrons. The molecule has 0 spiro atoms. The summed E-state index contributed by atoms with van der Waals surface area (Å²) in [4.78, 5) is 2.25. The zero-order valence-corrected chi connectivity index (χ0v) is 10.2. The van der Waals surface area contributed by atoms with Crippen LogP contribution in [-0.2, 0) is 0 Å². The van der Waals surface area contributed by atoms with Crippen molar-refractivity contribution >= 4 is 0 Å². The van der Waals surface area contributed by atoms with Crippen LogP contribution in [0.3, 0.4) is 0 Å². The largest absolute Gasteiger partial charge is 0.307 e. The van der Waals surface area contributed by atoms with Crippen molar-refractivity contribution < 1.29 is 8.78 Å². The van der Waals surface area contributed by atoms with Crippen LogP contribution in [0.4, 0.5) is 8.78 Å². The normalized spacial score (nSPS) is 30.0. The van der Waals surface area contributed by atoms with Crippen LogP contribution in [0.15, 0.2) is 0 Å². The topological polar surface area (TPSA) is 15.3 Å². The summed E-state index contributed by atoms with van der Waals surface area (Å²) < 4.78 is 27.1. The van der Waals surface area contributed by atoms with Gasteiger partial charge in [-0.25, -0.2) is 8.78 Å². The van der Waals surface area contributed by atoms with Gasteiger partial charge in [0.2, 0.25) is 0 Å². The molecule has 1 atom stereocenters. The summed E-state index contributed by atoms with van der Waals surface area (Å²) in [6.07, 6.45) is 3.60. The first kappa shape index (κ1) is 12.2. The number of nitrogens with one attached hydrogen (secondary N) is 1. The predicted molar refractivity (Wildman–Crippen MR) is 60.8 cm³/mol. The number of alkyl halides is 2. The smallest absolute Gasteiger partial charge is 0.265 e. The van der Waals surface area contributed by atoms with E-state index in [9.17, 15) is 8.78 Å². The fourth-order valence-electron chi connectivity index (χ4n) is 2.65. The SMILES string of the molecule is CC(C)N(CC1NCCC1(F)F)C1CCC1. The molecular formula is C12H22F2N2. The zero-order valence-electron chi connectivity index (χ0n) is 10.2. The van der Waals surface area contributed by atoms with E-state index in [-0.39, 0.29) is 6.42 Å². The second kappa shape index (κ2) is 4.57. The van der Waals surface area contributed by atoms with Crippen LogP contribution in [0.25, 0.3) is 0 Å². The van der Waals surface area contributed by atoms with Crippen molar-refractivity contribution in [3.63, 3.8) is 0 Å². The van der Waals surface area contributed by atoms with E-state index >= 15 is 0 Å². The van der Waals surface area contributed by atoms with Crippen molar-refractivity contribution in [3.05, 3.63) is 0 Å². The molecule has 1 unspecified atom stereocenters. The number of nitrogens with zero attached hydrogens (tertiary/aromatic N) is 1. The predicted octanol–water partition coefficient (Wildman–Crippen LogP) is 2.25. The lowest BCUT2D eigenvalue weighted by atomic mass is 9.90. The van der Waals surface area contributed by atoms with Crippen molar-refractivity contribution in [1.82, 2.24) is 10.2 Å². The maximum atomic E-state index is 13.5. The minimum atomic E-state index is -2.52. The maximum Gasteiger partial charge on any atom is 0.265 e. The molecule has 0 aromatic rings. The van der Waals surface area contributed by atoms with Crippen molar-refractivity contribution in [3.8, 4) is 0 Å². The standard InChI is InChI=1S/C12H22F2N2/c1-9(2)16(10-4-3-5-10)8-11-12(13,14)6-7-15-11/h9-11,15H,3-8H2,1-2H3. The van der Waals surface area contributed by atoms with E-state index in [1.165, 1.54) is 19.3 Å². The van der Waals surface area contributed by atoms with Gasteiger partial charge in [-0.15, -0.1) is 0 Å². The van der Waals surface area contributed by atoms with Gasteiger partial charge in [-0.2, -0.15) is 0 Å². The minimum Gasteiger partial charge on any atom is -0.307 e. The monoisotopic (exact) mass is 232 g/mol. The Kier molecular flexibility index (Phi) is 3.50. The molecule has 1 aliphatic heterocycles. The van der Waals surface area contributed by atoms with Crippen molar-refractivity contribution in [2.45, 2.75) is 63.6 Å². The molecule has 2 rings (SSSR count). The van der Waals surface area contributed by atoms with Crippen molar-refractivity contribution in [2.24, 2.45) is 0 Å². The molecule has 16 heavy (non-hydrogen) atoms. The molecule has 2 aliphatic rings. The Hall–Kier alpha value is -0.220. The van der Waals surface area contributed by atoms with Gasteiger partial charge in [0.1, 0.15) is 0 Å². The first-order chi connectivity index (χ1) is 7.50. The lowest BCUT2D eigenvalue weighted by molar-refractivity contribution is -0.0333. The van der Waals surface area contributed by atoms with Gasteiger partial charge in [-0.3, -0.25) is 4.90 Å². The second-order valence-corrected chi connectivity index (χ2v) is 5.39. The first-order valence-corrected chi connectivity index (χ1v) is 6.37. The summed E-state index contributed by atoms with van der Waals surface area (Å²) in [6, 6.07) is 0.261. The molecule has 1 heterocycles. The van der Waals surface area contributed by atoms with Crippen LogP contribution >= 0.6 is 0 Å². The van der Waals surface area contributed by atoms with Crippen LogP contribution in [0, 0.1) is 0 Å². The number of hydrogen-bond acceptors (Lipinski definition) is 2. The summed E-state index contributed by atoms with van der Waals surface area (Å²) in [6.45, 7) is 5.15. The summed E-state index contributed by atoms with van der Waals surface area (Å²) >= 11 is 0. The molecule has 0 radical (unpaired) electrons. The average Bonchev–Trinajstić information content (AvgIpc) is 2.41. The molecule has 0 aromatic heterocycles. The van der Waals surface area contributed by atoms with Gasteiger partial charge in [0.25, 0.3) is 5.92 Å². The Morgan fingerprint density at radius 1 is 1.38 bits per heavy atom. The Morgan fingerprint density at radius 2 is 2.06 bits per heavy atom. The molecule has 0 aromatic carbocycles. The van der Waals surface area contributed by atoms with Gasteiger partial charge in [-0.1, -0.05) is 6.42 Å². The molecule has 0 amide bonds. The first-order valence-electron chi connectivity index (χ1n) is 6.37. The van der Waals surface area contributed by atoms with E-state index in [2.05, 4.69) is 24.1 Å². The van der Waals surface area contributed by atoms with Crippen molar-refractivity contribution in [1.29, 1.82) is 0 Å². The quantitative estimate of drug-likeness (QED) is 0.799. The molecule has 1 saturated heterocycles. The molecule has 1 saturated carbocycles. The molecule has 1 aliphatic carbocycles. The molecular weight excluding hydrogens is 210 g/mol. The molecule has 4 heteroatoms. The highest BCUT2D eigenvalue weighted by atomic mass is 19.3. The van der Waals surface area contributed by atoms with Crippen LogP contribution < -0.4 is 5.32 Å². The van der Waals surface area contributed by atoms with Gasteiger partial charge in [0.15, 0.2) is 0 Å². The number of rotatable bonds is 4. The van der Waals surface area contributed by atoms with Crippen LogP contribution in [-0.4, -0.2) is 42.0 Å². The summed E-state index contributed by atoms with van der Waals surface area (Å²) in [5, 5.41) is 2.94. The van der Waals surface area contributed by atoms with Crippen LogP contribution in [0.2, 0.25) is 0 Å². The lowest BCUT2D eigenvalue weighted by Gasteiger charge is -2.42. The Balaban J connectivity index is 1.94. The van der Waals surface area contributed by atoms with Gasteiger partial charge < -0.3 is 5.32 Å². The fourth-order valence-corrected chi connectivity index (χ4v) is 2.65. The Morgan fingerprint density at radius 3 is 2.44 bits per heavy atom. The van der Waals surface area contributed by atoms with Gasteiger partial charge in [0.05, 0.1) is 6.04 Å². The van der Waals surface area contributed by atoms with Crippen LogP contribution in [0.5, 0.6) is 0 Å². The Bertz CT molecular complexity index is 239. The summed E-state index contributed by atoms with van der Waals surface area (Å²) in [5.41, 5.74) is 0. The third-order valence-corrected chi connectivity index (χ3v) is 3.96. The van der Waals surface area contributed by atoms with E-state index < -0.39 is 12.0 Å². The van der Waals surface area contributed by atoms with E-state index in [1.54, 1.807) is 0 Å². The van der Waals surface area contributed by atoms with E-state index in [1.807, 2.05) is 0 Å². The minimum absolute atomic E-state index is 0.00569. The summed E-state index contributed by atoms with van der Waals surface area (Å²) in [7, 11) is 0. The third-order valence-electron chi connectivity index (χ3n) is 3.96. The maximum absolute atomic E-state index is 13.5. The lowest BCUT2D eigenvalue weighted by Crippen LogP contribution is -2.53. The Labute approximate surface area is 96.4 Å². The summed E-state index contributed by atoms with van der Waals surface area (Å²) in [5.74, 6) is -2.52. The average molecular weight is 232 g/mol. The van der Waals surface area contributed by atoms with E-state index in [0.29, 0.717) is 25.2 Å². The molecule has 2 nitrogen and oxygen atoms in total. The highest BCUT2D eigenvalue weighted by molar-refractivity contribution is 4.95. The zero-order chi connectivity index (χ0) is 11.8. The van der Waals surface area contributed by atoms with E-state index in [4.69, 9.17) is 0 Å². The highest BCUT2D eigenvalue weighted by Gasteiger charge is 2.45. The van der Waals surface area contributed by atoms with Gasteiger partial charge in [-0.05, 0) is 26.7 Å². The van der Waals surface area contributed by atoms with E-state index in [0.717, 1.165) is 0 Å². The third kappa shape index (κ3) is 2.38. The molecule has 1 N–H and O–H groups in total. The second-order valence-electron chi connectivity index (χ2n) is 5.39. The fraction of sp³-hybridized carbons (Fsp3) is 1.00. The van der Waals surface area contributed by atoms with Crippen molar-refractivity contribution in [2.75, 3.05) is 13.1 Å². The number of hydrogen-bond donors (Lipinski definition) is 1. The van der Waals surface area contributed by atoms with Gasteiger partial charge >= 0.3 is 0 Å². The highest BCUT2D eigenvalue weighted by Crippen LogP contribution is 2.32. The molecule has 2 fully saturated rings. The molecule has 0 bridgehead atoms. The van der Waals surface area contributed by atoms with Gasteiger partial charge in [0, 0.05) is 31.6 Å². The van der Waals surface area contributed by atoms with Crippen LogP contribution in [0.1, 0.15) is 39.5 Å². The number of halogens is 2.